The highest BCUT2D eigenvalue weighted by atomic mass is 127. The van der Waals surface area contributed by atoms with Gasteiger partial charge in [0.1, 0.15) is 12.4 Å². The van der Waals surface area contributed by atoms with Crippen molar-refractivity contribution in [3.8, 4) is 5.75 Å². The van der Waals surface area contributed by atoms with Crippen molar-refractivity contribution in [2.75, 3.05) is 7.05 Å². The number of nitrogens with one attached hydrogen (secondary N) is 2. The molecule has 0 aromatic heterocycles. The summed E-state index contributed by atoms with van der Waals surface area (Å²) in [5, 5.41) is 6.57. The van der Waals surface area contributed by atoms with Gasteiger partial charge in [-0.15, -0.1) is 24.0 Å². The maximum Gasteiger partial charge on any atom is 0.191 e. The Hall–Kier alpha value is -1.76. The number of ether oxygens (including phenoxy) is 1. The summed E-state index contributed by atoms with van der Waals surface area (Å²) in [6.45, 7) is 5.46. The van der Waals surface area contributed by atoms with E-state index in [0.717, 1.165) is 22.8 Å². The van der Waals surface area contributed by atoms with Crippen molar-refractivity contribution < 1.29 is 4.74 Å². The van der Waals surface area contributed by atoms with Crippen LogP contribution in [0, 0.1) is 0 Å². The first-order valence-electron chi connectivity index (χ1n) is 7.90. The molecule has 0 aliphatic heterocycles. The molecule has 2 N–H and O–H groups in total. The third kappa shape index (κ3) is 7.21. The Morgan fingerprint density at radius 2 is 1.75 bits per heavy atom. The summed E-state index contributed by atoms with van der Waals surface area (Å²) < 4.78 is 5.86. The third-order valence-corrected chi connectivity index (χ3v) is 3.26. The third-order valence-electron chi connectivity index (χ3n) is 3.26. The summed E-state index contributed by atoms with van der Waals surface area (Å²) in [7, 11) is 1.77. The second-order valence-corrected chi connectivity index (χ2v) is 5.65. The Kier molecular flexibility index (Phi) is 9.22. The minimum Gasteiger partial charge on any atom is -0.489 e. The molecule has 0 atom stereocenters. The lowest BCUT2D eigenvalue weighted by molar-refractivity contribution is 0.306. The van der Waals surface area contributed by atoms with Gasteiger partial charge >= 0.3 is 0 Å². The molecule has 0 saturated carbocycles. The average Bonchev–Trinajstić information content (AvgIpc) is 2.58. The van der Waals surface area contributed by atoms with Crippen molar-refractivity contribution in [2.24, 2.45) is 4.99 Å². The van der Waals surface area contributed by atoms with Gasteiger partial charge in [-0.25, -0.2) is 0 Å². The van der Waals surface area contributed by atoms with Crippen molar-refractivity contribution >= 4 is 29.9 Å². The molecule has 0 heterocycles. The highest BCUT2D eigenvalue weighted by Crippen LogP contribution is 2.15. The SMILES string of the molecule is CN=C(NCc1cccc(OCc2ccccc2)c1)NC(C)C.I. The van der Waals surface area contributed by atoms with Crippen molar-refractivity contribution in [3.63, 3.8) is 0 Å². The van der Waals surface area contributed by atoms with Crippen LogP contribution in [0.5, 0.6) is 5.75 Å². The molecule has 0 spiro atoms. The number of nitrogens with zero attached hydrogens (tertiary/aromatic N) is 1. The molecule has 0 aliphatic carbocycles. The molecule has 0 aliphatic rings. The van der Waals surface area contributed by atoms with Gasteiger partial charge in [0.25, 0.3) is 0 Å². The molecule has 0 saturated heterocycles. The zero-order chi connectivity index (χ0) is 16.5. The Morgan fingerprint density at radius 3 is 2.42 bits per heavy atom. The van der Waals surface area contributed by atoms with E-state index in [4.69, 9.17) is 4.74 Å². The number of halogens is 1. The van der Waals surface area contributed by atoms with E-state index in [-0.39, 0.29) is 24.0 Å². The minimum atomic E-state index is 0. The standard InChI is InChI=1S/C19H25N3O.HI/c1-15(2)22-19(20-3)21-13-17-10-7-11-18(12-17)23-14-16-8-5-4-6-9-16;/h4-12,15H,13-14H2,1-3H3,(H2,20,21,22);1H. The summed E-state index contributed by atoms with van der Waals surface area (Å²) >= 11 is 0. The van der Waals surface area contributed by atoms with Gasteiger partial charge in [0.2, 0.25) is 0 Å². The van der Waals surface area contributed by atoms with Crippen LogP contribution in [-0.4, -0.2) is 19.0 Å². The van der Waals surface area contributed by atoms with Gasteiger partial charge < -0.3 is 15.4 Å². The van der Waals surface area contributed by atoms with Gasteiger partial charge in [0.15, 0.2) is 5.96 Å². The van der Waals surface area contributed by atoms with E-state index in [1.807, 2.05) is 30.3 Å². The van der Waals surface area contributed by atoms with Crippen LogP contribution in [-0.2, 0) is 13.2 Å². The van der Waals surface area contributed by atoms with E-state index in [1.165, 1.54) is 0 Å². The van der Waals surface area contributed by atoms with Crippen LogP contribution in [0.4, 0.5) is 0 Å². The van der Waals surface area contributed by atoms with Gasteiger partial charge in [-0.2, -0.15) is 0 Å². The van der Waals surface area contributed by atoms with Crippen molar-refractivity contribution in [2.45, 2.75) is 33.0 Å². The Bertz CT molecular complexity index is 630. The molecule has 2 aromatic rings. The van der Waals surface area contributed by atoms with Crippen LogP contribution >= 0.6 is 24.0 Å². The molecule has 4 nitrogen and oxygen atoms in total. The van der Waals surface area contributed by atoms with E-state index < -0.39 is 0 Å². The van der Waals surface area contributed by atoms with E-state index in [2.05, 4.69) is 53.7 Å². The molecule has 2 aromatic carbocycles. The van der Waals surface area contributed by atoms with Crippen LogP contribution in [0.25, 0.3) is 0 Å². The second-order valence-electron chi connectivity index (χ2n) is 5.65. The average molecular weight is 439 g/mol. The van der Waals surface area contributed by atoms with Crippen LogP contribution in [0.3, 0.4) is 0 Å². The Balaban J connectivity index is 0.00000288. The largest absolute Gasteiger partial charge is 0.489 e. The van der Waals surface area contributed by atoms with Crippen LogP contribution in [0.2, 0.25) is 0 Å². The maximum absolute atomic E-state index is 5.86. The van der Waals surface area contributed by atoms with Crippen LogP contribution < -0.4 is 15.4 Å². The lowest BCUT2D eigenvalue weighted by Gasteiger charge is -2.15. The first-order chi connectivity index (χ1) is 11.2. The second kappa shape index (κ2) is 10.9. The summed E-state index contributed by atoms with van der Waals surface area (Å²) in [5.41, 5.74) is 2.32. The highest BCUT2D eigenvalue weighted by molar-refractivity contribution is 14.0. The first-order valence-corrected chi connectivity index (χ1v) is 7.90. The molecule has 0 radical (unpaired) electrons. The van der Waals surface area contributed by atoms with Gasteiger partial charge in [-0.3, -0.25) is 4.99 Å². The van der Waals surface area contributed by atoms with E-state index in [1.54, 1.807) is 7.05 Å². The molecule has 0 fully saturated rings. The van der Waals surface area contributed by atoms with Gasteiger partial charge in [0.05, 0.1) is 0 Å². The molecule has 0 bridgehead atoms. The molecule has 130 valence electrons. The summed E-state index contributed by atoms with van der Waals surface area (Å²) in [4.78, 5) is 4.20. The van der Waals surface area contributed by atoms with Crippen molar-refractivity contribution in [1.82, 2.24) is 10.6 Å². The zero-order valence-electron chi connectivity index (χ0n) is 14.5. The number of hydrogen-bond acceptors (Lipinski definition) is 2. The number of rotatable bonds is 6. The molecule has 24 heavy (non-hydrogen) atoms. The number of hydrogen-bond donors (Lipinski definition) is 2. The van der Waals surface area contributed by atoms with Crippen molar-refractivity contribution in [1.29, 1.82) is 0 Å². The van der Waals surface area contributed by atoms with Gasteiger partial charge in [-0.05, 0) is 37.1 Å². The Labute approximate surface area is 161 Å². The summed E-state index contributed by atoms with van der Waals surface area (Å²) in [6, 6.07) is 18.6. The lowest BCUT2D eigenvalue weighted by Crippen LogP contribution is -2.40. The van der Waals surface area contributed by atoms with Gasteiger partial charge in [-0.1, -0.05) is 42.5 Å². The fourth-order valence-corrected chi connectivity index (χ4v) is 2.14. The number of benzene rings is 2. The number of guanidine groups is 1. The quantitative estimate of drug-likeness (QED) is 0.407. The molecule has 5 heteroatoms. The molecule has 0 unspecified atom stereocenters. The predicted octanol–water partition coefficient (Wildman–Crippen LogP) is 3.96. The van der Waals surface area contributed by atoms with Crippen LogP contribution in [0.1, 0.15) is 25.0 Å². The monoisotopic (exact) mass is 439 g/mol. The van der Waals surface area contributed by atoms with Gasteiger partial charge in [0, 0.05) is 19.6 Å². The van der Waals surface area contributed by atoms with Crippen LogP contribution in [0.15, 0.2) is 59.6 Å². The molecular formula is C19H26IN3O. The number of aliphatic imine (C=N–C) groups is 1. The lowest BCUT2D eigenvalue weighted by atomic mass is 10.2. The zero-order valence-corrected chi connectivity index (χ0v) is 16.8. The topological polar surface area (TPSA) is 45.7 Å². The molecule has 0 amide bonds. The smallest absolute Gasteiger partial charge is 0.191 e. The molecular weight excluding hydrogens is 413 g/mol. The Morgan fingerprint density at radius 1 is 1.04 bits per heavy atom. The first kappa shape index (κ1) is 20.3. The normalized spacial score (nSPS) is 10.9. The van der Waals surface area contributed by atoms with E-state index in [0.29, 0.717) is 19.2 Å². The molecule has 2 rings (SSSR count). The maximum atomic E-state index is 5.86. The fraction of sp³-hybridized carbons (Fsp3) is 0.316. The predicted molar refractivity (Wildman–Crippen MR) is 111 cm³/mol. The van der Waals surface area contributed by atoms with E-state index in [9.17, 15) is 0 Å². The minimum absolute atomic E-state index is 0. The summed E-state index contributed by atoms with van der Waals surface area (Å²) in [5.74, 6) is 1.68. The highest BCUT2D eigenvalue weighted by Gasteiger charge is 2.02. The summed E-state index contributed by atoms with van der Waals surface area (Å²) in [6.07, 6.45) is 0. The van der Waals surface area contributed by atoms with Crippen molar-refractivity contribution in [3.05, 3.63) is 65.7 Å². The fourth-order valence-electron chi connectivity index (χ4n) is 2.14. The van der Waals surface area contributed by atoms with E-state index >= 15 is 0 Å².